The molecule has 0 aromatic carbocycles. The summed E-state index contributed by atoms with van der Waals surface area (Å²) in [5, 5.41) is 16.0. The van der Waals surface area contributed by atoms with Crippen LogP contribution in [0.3, 0.4) is 0 Å². The van der Waals surface area contributed by atoms with Crippen molar-refractivity contribution in [3.8, 4) is 0 Å². The Morgan fingerprint density at radius 3 is 2.70 bits per heavy atom. The van der Waals surface area contributed by atoms with Crippen molar-refractivity contribution in [3.05, 3.63) is 12.0 Å². The molecule has 1 unspecified atom stereocenters. The summed E-state index contributed by atoms with van der Waals surface area (Å²) in [5.74, 6) is -0.0617. The fourth-order valence-electron chi connectivity index (χ4n) is 1.82. The van der Waals surface area contributed by atoms with Crippen molar-refractivity contribution >= 4 is 11.8 Å². The molecule has 1 aromatic rings. The zero-order valence-corrected chi connectivity index (χ0v) is 12.6. The highest BCUT2D eigenvalue weighted by molar-refractivity contribution is 5.41. The standard InChI is InChI=1S/C13H24FN5O/c1-5-6-15-12-16-7-10(14)11(18-12)17-8-13(2,20)9-19(3)4/h7,20H,5-6,8-9H2,1-4H3,(H2,15,16,17,18). The minimum absolute atomic E-state index is 0.0950. The summed E-state index contributed by atoms with van der Waals surface area (Å²) in [6, 6.07) is 0. The second-order valence-electron chi connectivity index (χ2n) is 5.41. The largest absolute Gasteiger partial charge is 0.387 e. The van der Waals surface area contributed by atoms with Gasteiger partial charge in [0.05, 0.1) is 11.8 Å². The average Bonchev–Trinajstić information content (AvgIpc) is 2.34. The van der Waals surface area contributed by atoms with Crippen molar-refractivity contribution < 1.29 is 9.50 Å². The molecule has 1 atom stereocenters. The fraction of sp³-hybridized carbons (Fsp3) is 0.692. The molecule has 114 valence electrons. The Bertz CT molecular complexity index is 425. The number of nitrogens with zero attached hydrogens (tertiary/aromatic N) is 3. The van der Waals surface area contributed by atoms with Crippen LogP contribution in [0.4, 0.5) is 16.2 Å². The highest BCUT2D eigenvalue weighted by Crippen LogP contribution is 2.14. The van der Waals surface area contributed by atoms with Gasteiger partial charge in [-0.15, -0.1) is 0 Å². The summed E-state index contributed by atoms with van der Waals surface area (Å²) in [5.41, 5.74) is -0.974. The first kappa shape index (κ1) is 16.6. The summed E-state index contributed by atoms with van der Waals surface area (Å²) >= 11 is 0. The molecule has 0 bridgehead atoms. The highest BCUT2D eigenvalue weighted by Gasteiger charge is 2.22. The second-order valence-corrected chi connectivity index (χ2v) is 5.41. The van der Waals surface area contributed by atoms with Crippen LogP contribution in [0, 0.1) is 5.82 Å². The van der Waals surface area contributed by atoms with Gasteiger partial charge in [-0.2, -0.15) is 4.98 Å². The summed E-state index contributed by atoms with van der Waals surface area (Å²) in [6.07, 6.45) is 2.05. The molecule has 0 aliphatic carbocycles. The second kappa shape index (κ2) is 7.35. The molecule has 0 aliphatic rings. The van der Waals surface area contributed by atoms with Gasteiger partial charge in [-0.05, 0) is 27.4 Å². The molecule has 1 aromatic heterocycles. The van der Waals surface area contributed by atoms with Gasteiger partial charge >= 0.3 is 0 Å². The van der Waals surface area contributed by atoms with Gasteiger partial charge in [-0.1, -0.05) is 6.92 Å². The number of halogens is 1. The summed E-state index contributed by atoms with van der Waals surface area (Å²) in [6.45, 7) is 5.10. The molecule has 0 fully saturated rings. The van der Waals surface area contributed by atoms with E-state index in [1.54, 1.807) is 6.92 Å². The predicted molar refractivity (Wildman–Crippen MR) is 78.4 cm³/mol. The van der Waals surface area contributed by atoms with Crippen molar-refractivity contribution in [1.29, 1.82) is 0 Å². The number of aromatic nitrogens is 2. The number of likely N-dealkylation sites (N-methyl/N-ethyl adjacent to an activating group) is 1. The molecular weight excluding hydrogens is 261 g/mol. The normalized spacial score (nSPS) is 14.2. The minimum atomic E-state index is -0.974. The average molecular weight is 285 g/mol. The van der Waals surface area contributed by atoms with E-state index < -0.39 is 11.4 Å². The predicted octanol–water partition coefficient (Wildman–Crippen LogP) is 1.16. The lowest BCUT2D eigenvalue weighted by Crippen LogP contribution is -2.43. The maximum Gasteiger partial charge on any atom is 0.224 e. The SMILES string of the molecule is CCCNc1ncc(F)c(NCC(C)(O)CN(C)C)n1. The van der Waals surface area contributed by atoms with Gasteiger partial charge in [0, 0.05) is 19.6 Å². The molecule has 0 aliphatic heterocycles. The molecule has 6 nitrogen and oxygen atoms in total. The van der Waals surface area contributed by atoms with E-state index >= 15 is 0 Å². The van der Waals surface area contributed by atoms with Crippen LogP contribution >= 0.6 is 0 Å². The first-order chi connectivity index (χ1) is 9.34. The van der Waals surface area contributed by atoms with Crippen LogP contribution in [0.15, 0.2) is 6.20 Å². The minimum Gasteiger partial charge on any atom is -0.387 e. The van der Waals surface area contributed by atoms with Crippen LogP contribution in [-0.2, 0) is 0 Å². The van der Waals surface area contributed by atoms with Crippen LogP contribution in [0.25, 0.3) is 0 Å². The lowest BCUT2D eigenvalue weighted by atomic mass is 10.1. The van der Waals surface area contributed by atoms with Crippen molar-refractivity contribution in [3.63, 3.8) is 0 Å². The number of aliphatic hydroxyl groups is 1. The van der Waals surface area contributed by atoms with E-state index in [0.29, 0.717) is 12.5 Å². The van der Waals surface area contributed by atoms with Gasteiger partial charge in [0.25, 0.3) is 0 Å². The Balaban J connectivity index is 2.66. The zero-order chi connectivity index (χ0) is 15.2. The van der Waals surface area contributed by atoms with Gasteiger partial charge in [-0.25, -0.2) is 9.37 Å². The van der Waals surface area contributed by atoms with E-state index in [4.69, 9.17) is 0 Å². The number of nitrogens with one attached hydrogen (secondary N) is 2. The Labute approximate surface area is 119 Å². The van der Waals surface area contributed by atoms with Crippen LogP contribution in [0.2, 0.25) is 0 Å². The van der Waals surface area contributed by atoms with Gasteiger partial charge < -0.3 is 20.6 Å². The van der Waals surface area contributed by atoms with Crippen LogP contribution < -0.4 is 10.6 Å². The quantitative estimate of drug-likeness (QED) is 0.666. The molecule has 0 saturated carbocycles. The topological polar surface area (TPSA) is 73.3 Å². The van der Waals surface area contributed by atoms with Crippen LogP contribution in [0.5, 0.6) is 0 Å². The molecule has 3 N–H and O–H groups in total. The lowest BCUT2D eigenvalue weighted by Gasteiger charge is -2.27. The van der Waals surface area contributed by atoms with Gasteiger partial charge in [0.2, 0.25) is 5.95 Å². The van der Waals surface area contributed by atoms with Crippen LogP contribution in [0.1, 0.15) is 20.3 Å². The van der Waals surface area contributed by atoms with Gasteiger partial charge in [-0.3, -0.25) is 0 Å². The van der Waals surface area contributed by atoms with Crippen LogP contribution in [-0.4, -0.2) is 59.3 Å². The number of hydrogen-bond acceptors (Lipinski definition) is 6. The molecule has 0 radical (unpaired) electrons. The number of hydrogen-bond donors (Lipinski definition) is 3. The third-order valence-corrected chi connectivity index (χ3v) is 2.57. The molecule has 1 heterocycles. The third-order valence-electron chi connectivity index (χ3n) is 2.57. The zero-order valence-electron chi connectivity index (χ0n) is 12.6. The van der Waals surface area contributed by atoms with Gasteiger partial charge in [0.1, 0.15) is 0 Å². The first-order valence-corrected chi connectivity index (χ1v) is 6.71. The van der Waals surface area contributed by atoms with Crippen molar-refractivity contribution in [2.75, 3.05) is 44.4 Å². The van der Waals surface area contributed by atoms with E-state index in [1.807, 2.05) is 25.9 Å². The molecule has 0 amide bonds. The number of rotatable bonds is 8. The Hall–Kier alpha value is -1.47. The van der Waals surface area contributed by atoms with E-state index in [2.05, 4.69) is 20.6 Å². The number of anilines is 2. The molecule has 1 rings (SSSR count). The molecule has 20 heavy (non-hydrogen) atoms. The smallest absolute Gasteiger partial charge is 0.224 e. The molecular formula is C13H24FN5O. The Kier molecular flexibility index (Phi) is 6.09. The molecule has 0 saturated heterocycles. The summed E-state index contributed by atoms with van der Waals surface area (Å²) in [4.78, 5) is 9.79. The van der Waals surface area contributed by atoms with E-state index in [0.717, 1.165) is 19.2 Å². The highest BCUT2D eigenvalue weighted by atomic mass is 19.1. The van der Waals surface area contributed by atoms with E-state index in [1.165, 1.54) is 0 Å². The maximum absolute atomic E-state index is 13.6. The van der Waals surface area contributed by atoms with Gasteiger partial charge in [0.15, 0.2) is 11.6 Å². The van der Waals surface area contributed by atoms with Crippen molar-refractivity contribution in [2.24, 2.45) is 0 Å². The third kappa shape index (κ3) is 5.66. The Morgan fingerprint density at radius 2 is 2.10 bits per heavy atom. The van der Waals surface area contributed by atoms with Crippen molar-refractivity contribution in [1.82, 2.24) is 14.9 Å². The molecule has 0 spiro atoms. The van der Waals surface area contributed by atoms with E-state index in [9.17, 15) is 9.50 Å². The first-order valence-electron chi connectivity index (χ1n) is 6.71. The lowest BCUT2D eigenvalue weighted by molar-refractivity contribution is 0.0458. The van der Waals surface area contributed by atoms with Crippen molar-refractivity contribution in [2.45, 2.75) is 25.9 Å². The van der Waals surface area contributed by atoms with E-state index in [-0.39, 0.29) is 12.4 Å². The molecule has 7 heteroatoms. The summed E-state index contributed by atoms with van der Waals surface area (Å²) in [7, 11) is 3.74. The maximum atomic E-state index is 13.6. The monoisotopic (exact) mass is 285 g/mol. The summed E-state index contributed by atoms with van der Waals surface area (Å²) < 4.78 is 13.6. The fourth-order valence-corrected chi connectivity index (χ4v) is 1.82. The Morgan fingerprint density at radius 1 is 1.40 bits per heavy atom.